The molecule has 3 aromatic rings. The maximum atomic E-state index is 13.7. The van der Waals surface area contributed by atoms with Crippen LogP contribution in [0.3, 0.4) is 0 Å². The fraction of sp³-hybridized carbons (Fsp3) is 0.238. The van der Waals surface area contributed by atoms with E-state index in [1.165, 1.54) is 6.07 Å². The standard InChI is InChI=1S/C21H20ClF2N5O/c22-15-2-1-3-17(12-15)29-7-6-25-21(29)28-10-8-27(9-11-28)14-20(30)26-19-5-4-16(23)13-18(19)24/h1-7,12-13H,8-11,14H2,(H,26,30). The molecular formula is C21H20ClF2N5O. The van der Waals surface area contributed by atoms with Gasteiger partial charge in [0.15, 0.2) is 0 Å². The molecule has 1 aliphatic rings. The number of piperazine rings is 1. The first kappa shape index (κ1) is 20.3. The fourth-order valence-corrected chi connectivity index (χ4v) is 3.63. The predicted octanol–water partition coefficient (Wildman–Crippen LogP) is 3.56. The number of nitrogens with zero attached hydrogens (tertiary/aromatic N) is 4. The van der Waals surface area contributed by atoms with Gasteiger partial charge < -0.3 is 10.2 Å². The largest absolute Gasteiger partial charge is 0.339 e. The lowest BCUT2D eigenvalue weighted by molar-refractivity contribution is -0.117. The Morgan fingerprint density at radius 2 is 1.90 bits per heavy atom. The second-order valence-corrected chi connectivity index (χ2v) is 7.45. The summed E-state index contributed by atoms with van der Waals surface area (Å²) in [5.74, 6) is -0.997. The molecule has 0 aliphatic carbocycles. The van der Waals surface area contributed by atoms with Gasteiger partial charge in [-0.05, 0) is 30.3 Å². The molecule has 0 atom stereocenters. The number of hydrogen-bond acceptors (Lipinski definition) is 4. The van der Waals surface area contributed by atoms with Gasteiger partial charge >= 0.3 is 0 Å². The Labute approximate surface area is 177 Å². The molecule has 156 valence electrons. The fourth-order valence-electron chi connectivity index (χ4n) is 3.45. The molecule has 0 saturated carbocycles. The van der Waals surface area contributed by atoms with Gasteiger partial charge in [-0.15, -0.1) is 0 Å². The number of hydrogen-bond donors (Lipinski definition) is 1. The van der Waals surface area contributed by atoms with Crippen molar-refractivity contribution in [3.63, 3.8) is 0 Å². The lowest BCUT2D eigenvalue weighted by Gasteiger charge is -2.35. The number of imidazole rings is 1. The molecule has 0 bridgehead atoms. The lowest BCUT2D eigenvalue weighted by Crippen LogP contribution is -2.49. The van der Waals surface area contributed by atoms with Crippen molar-refractivity contribution >= 4 is 29.1 Å². The minimum atomic E-state index is -0.791. The predicted molar refractivity (Wildman–Crippen MR) is 112 cm³/mol. The molecular weight excluding hydrogens is 412 g/mol. The van der Waals surface area contributed by atoms with Gasteiger partial charge in [0.05, 0.1) is 12.2 Å². The topological polar surface area (TPSA) is 53.4 Å². The molecule has 0 spiro atoms. The summed E-state index contributed by atoms with van der Waals surface area (Å²) in [5.41, 5.74) is 0.904. The summed E-state index contributed by atoms with van der Waals surface area (Å²) in [4.78, 5) is 20.9. The zero-order chi connectivity index (χ0) is 21.1. The van der Waals surface area contributed by atoms with Crippen molar-refractivity contribution in [1.82, 2.24) is 14.5 Å². The van der Waals surface area contributed by atoms with Crippen molar-refractivity contribution in [2.75, 3.05) is 42.9 Å². The van der Waals surface area contributed by atoms with E-state index < -0.39 is 11.6 Å². The van der Waals surface area contributed by atoms with E-state index >= 15 is 0 Å². The van der Waals surface area contributed by atoms with Crippen LogP contribution < -0.4 is 10.2 Å². The summed E-state index contributed by atoms with van der Waals surface area (Å²) in [5, 5.41) is 3.15. The first-order chi connectivity index (χ1) is 14.5. The average molecular weight is 432 g/mol. The van der Waals surface area contributed by atoms with Gasteiger partial charge in [-0.3, -0.25) is 14.3 Å². The molecule has 0 radical (unpaired) electrons. The summed E-state index contributed by atoms with van der Waals surface area (Å²) in [6, 6.07) is 10.6. The maximum absolute atomic E-state index is 13.7. The number of nitrogens with one attached hydrogen (secondary N) is 1. The summed E-state index contributed by atoms with van der Waals surface area (Å²) >= 11 is 6.11. The molecule has 2 aromatic carbocycles. The summed E-state index contributed by atoms with van der Waals surface area (Å²) < 4.78 is 28.7. The van der Waals surface area contributed by atoms with E-state index in [2.05, 4.69) is 15.2 Å². The molecule has 1 aromatic heterocycles. The Morgan fingerprint density at radius 3 is 2.63 bits per heavy atom. The molecule has 4 rings (SSSR count). The number of carbonyl (C=O) groups excluding carboxylic acids is 1. The van der Waals surface area contributed by atoms with Crippen LogP contribution in [0, 0.1) is 11.6 Å². The maximum Gasteiger partial charge on any atom is 0.238 e. The Kier molecular flexibility index (Phi) is 5.96. The van der Waals surface area contributed by atoms with E-state index in [4.69, 9.17) is 11.6 Å². The van der Waals surface area contributed by atoms with Gasteiger partial charge in [0.1, 0.15) is 11.6 Å². The van der Waals surface area contributed by atoms with Gasteiger partial charge in [0.25, 0.3) is 0 Å². The van der Waals surface area contributed by atoms with Crippen molar-refractivity contribution in [1.29, 1.82) is 0 Å². The molecule has 0 unspecified atom stereocenters. The van der Waals surface area contributed by atoms with E-state index in [0.29, 0.717) is 31.2 Å². The molecule has 30 heavy (non-hydrogen) atoms. The van der Waals surface area contributed by atoms with Crippen molar-refractivity contribution in [2.45, 2.75) is 0 Å². The SMILES string of the molecule is O=C(CN1CCN(c2nccn2-c2cccc(Cl)c2)CC1)Nc1ccc(F)cc1F. The Balaban J connectivity index is 1.35. The first-order valence-electron chi connectivity index (χ1n) is 9.51. The molecule has 1 fully saturated rings. The van der Waals surface area contributed by atoms with Gasteiger partial charge in [-0.25, -0.2) is 13.8 Å². The van der Waals surface area contributed by atoms with E-state index in [1.807, 2.05) is 39.9 Å². The Morgan fingerprint density at radius 1 is 1.10 bits per heavy atom. The van der Waals surface area contributed by atoms with Crippen molar-refractivity contribution in [3.8, 4) is 5.69 Å². The number of aromatic nitrogens is 2. The van der Waals surface area contributed by atoms with Crippen LogP contribution in [-0.2, 0) is 4.79 Å². The number of carbonyl (C=O) groups is 1. The molecule has 1 saturated heterocycles. The number of rotatable bonds is 5. The highest BCUT2D eigenvalue weighted by Gasteiger charge is 2.22. The Bertz CT molecular complexity index is 1050. The molecule has 6 nitrogen and oxygen atoms in total. The zero-order valence-electron chi connectivity index (χ0n) is 16.1. The highest BCUT2D eigenvalue weighted by molar-refractivity contribution is 6.30. The van der Waals surface area contributed by atoms with Crippen molar-refractivity contribution in [3.05, 3.63) is 71.5 Å². The van der Waals surface area contributed by atoms with Crippen LogP contribution >= 0.6 is 11.6 Å². The number of amides is 1. The van der Waals surface area contributed by atoms with E-state index in [-0.39, 0.29) is 18.1 Å². The van der Waals surface area contributed by atoms with Crippen LogP contribution in [-0.4, -0.2) is 53.1 Å². The van der Waals surface area contributed by atoms with Crippen LogP contribution in [0.25, 0.3) is 5.69 Å². The van der Waals surface area contributed by atoms with E-state index in [9.17, 15) is 13.6 Å². The molecule has 9 heteroatoms. The van der Waals surface area contributed by atoms with Crippen molar-refractivity contribution < 1.29 is 13.6 Å². The smallest absolute Gasteiger partial charge is 0.238 e. The van der Waals surface area contributed by atoms with Crippen LogP contribution in [0.15, 0.2) is 54.9 Å². The van der Waals surface area contributed by atoms with Gasteiger partial charge in [0, 0.05) is 55.3 Å². The third kappa shape index (κ3) is 4.60. The summed E-state index contributed by atoms with van der Waals surface area (Å²) in [6.07, 6.45) is 3.63. The van der Waals surface area contributed by atoms with Crippen LogP contribution in [0.2, 0.25) is 5.02 Å². The number of benzene rings is 2. The van der Waals surface area contributed by atoms with Crippen LogP contribution in [0.4, 0.5) is 20.4 Å². The minimum Gasteiger partial charge on any atom is -0.339 e. The second-order valence-electron chi connectivity index (χ2n) is 7.01. The summed E-state index contributed by atoms with van der Waals surface area (Å²) in [7, 11) is 0. The quantitative estimate of drug-likeness (QED) is 0.671. The van der Waals surface area contributed by atoms with E-state index in [1.54, 1.807) is 6.20 Å². The first-order valence-corrected chi connectivity index (χ1v) is 9.89. The number of halogens is 3. The highest BCUT2D eigenvalue weighted by Crippen LogP contribution is 2.22. The number of anilines is 2. The van der Waals surface area contributed by atoms with E-state index in [0.717, 1.165) is 23.8 Å². The van der Waals surface area contributed by atoms with Crippen LogP contribution in [0.1, 0.15) is 0 Å². The van der Waals surface area contributed by atoms with Gasteiger partial charge in [0.2, 0.25) is 11.9 Å². The van der Waals surface area contributed by atoms with Gasteiger partial charge in [-0.2, -0.15) is 0 Å². The van der Waals surface area contributed by atoms with Crippen molar-refractivity contribution in [2.24, 2.45) is 0 Å². The highest BCUT2D eigenvalue weighted by atomic mass is 35.5. The van der Waals surface area contributed by atoms with Crippen LogP contribution in [0.5, 0.6) is 0 Å². The zero-order valence-corrected chi connectivity index (χ0v) is 16.8. The minimum absolute atomic E-state index is 0.0245. The lowest BCUT2D eigenvalue weighted by atomic mass is 10.2. The normalized spacial score (nSPS) is 14.7. The summed E-state index contributed by atoms with van der Waals surface area (Å²) in [6.45, 7) is 2.82. The monoisotopic (exact) mass is 431 g/mol. The molecule has 1 amide bonds. The Hall–Kier alpha value is -2.97. The second kappa shape index (κ2) is 8.81. The molecule has 1 aliphatic heterocycles. The molecule has 1 N–H and O–H groups in total. The third-order valence-corrected chi connectivity index (χ3v) is 5.17. The average Bonchev–Trinajstić information content (AvgIpc) is 3.21. The third-order valence-electron chi connectivity index (χ3n) is 4.94. The van der Waals surface area contributed by atoms with Gasteiger partial charge in [-0.1, -0.05) is 17.7 Å². The molecule has 2 heterocycles.